The minimum Gasteiger partial charge on any atom is -0.267 e. The Balaban J connectivity index is 1.94. The fourth-order valence-electron chi connectivity index (χ4n) is 1.71. The van der Waals surface area contributed by atoms with E-state index in [9.17, 15) is 4.79 Å². The van der Waals surface area contributed by atoms with Gasteiger partial charge < -0.3 is 0 Å². The topological polar surface area (TPSA) is 41.5 Å². The van der Waals surface area contributed by atoms with Crippen molar-refractivity contribution in [3.05, 3.63) is 75.8 Å². The molecule has 0 atom stereocenters. The number of hydrogen-bond acceptors (Lipinski definition) is 2. The van der Waals surface area contributed by atoms with Gasteiger partial charge in [-0.2, -0.15) is 5.10 Å². The first-order valence-corrected chi connectivity index (χ1v) is 7.27. The van der Waals surface area contributed by atoms with Crippen molar-refractivity contribution in [1.82, 2.24) is 5.43 Å². The van der Waals surface area contributed by atoms with Gasteiger partial charge in [0.2, 0.25) is 0 Å². The van der Waals surface area contributed by atoms with Crippen molar-refractivity contribution in [3.8, 4) is 0 Å². The van der Waals surface area contributed by atoms with Gasteiger partial charge in [-0.05, 0) is 42.3 Å². The number of hydrogen-bond donors (Lipinski definition) is 1. The Bertz CT molecular complexity index is 661. The summed E-state index contributed by atoms with van der Waals surface area (Å²) in [6.07, 6.45) is 3.62. The van der Waals surface area contributed by atoms with Crippen molar-refractivity contribution in [3.63, 3.8) is 0 Å². The highest BCUT2D eigenvalue weighted by molar-refractivity contribution is 9.10. The first-order valence-electron chi connectivity index (χ1n) is 6.47. The van der Waals surface area contributed by atoms with Crippen molar-refractivity contribution >= 4 is 34.1 Å². The van der Waals surface area contributed by atoms with E-state index in [0.717, 1.165) is 15.6 Å². The third-order valence-corrected chi connectivity index (χ3v) is 3.26. The summed E-state index contributed by atoms with van der Waals surface area (Å²) in [6.45, 7) is 1.93. The van der Waals surface area contributed by atoms with Crippen molar-refractivity contribution in [2.45, 2.75) is 6.92 Å². The quantitative estimate of drug-likeness (QED) is 0.654. The molecule has 0 unspecified atom stereocenters. The maximum absolute atomic E-state index is 11.8. The monoisotopic (exact) mass is 342 g/mol. The van der Waals surface area contributed by atoms with Gasteiger partial charge in [0.25, 0.3) is 5.91 Å². The summed E-state index contributed by atoms with van der Waals surface area (Å²) in [5, 5.41) is 3.96. The van der Waals surface area contributed by atoms with Gasteiger partial charge in [-0.1, -0.05) is 52.3 Å². The zero-order valence-corrected chi connectivity index (χ0v) is 13.2. The molecule has 0 spiro atoms. The molecule has 4 heteroatoms. The fourth-order valence-corrected chi connectivity index (χ4v) is 1.97. The molecule has 2 aromatic carbocycles. The van der Waals surface area contributed by atoms with Crippen LogP contribution in [0.5, 0.6) is 0 Å². The lowest BCUT2D eigenvalue weighted by molar-refractivity contribution is 0.0955. The minimum absolute atomic E-state index is 0.230. The molecule has 1 N–H and O–H groups in total. The molecule has 0 aromatic heterocycles. The SMILES string of the molecule is CC(/C=N\NC(=O)c1ccc(Br)cc1)=C\c1ccccc1. The van der Waals surface area contributed by atoms with Crippen LogP contribution in [0.2, 0.25) is 0 Å². The molecule has 106 valence electrons. The summed E-state index contributed by atoms with van der Waals surface area (Å²) in [5.74, 6) is -0.230. The summed E-state index contributed by atoms with van der Waals surface area (Å²) in [6, 6.07) is 17.1. The van der Waals surface area contributed by atoms with Crippen molar-refractivity contribution in [2.24, 2.45) is 5.10 Å². The smallest absolute Gasteiger partial charge is 0.267 e. The normalized spacial score (nSPS) is 11.6. The van der Waals surface area contributed by atoms with E-state index in [4.69, 9.17) is 0 Å². The molecule has 2 aromatic rings. The first kappa shape index (κ1) is 15.2. The molecule has 0 saturated heterocycles. The molecule has 21 heavy (non-hydrogen) atoms. The Morgan fingerprint density at radius 2 is 1.76 bits per heavy atom. The van der Waals surface area contributed by atoms with E-state index in [2.05, 4.69) is 26.5 Å². The van der Waals surface area contributed by atoms with Gasteiger partial charge in [0.15, 0.2) is 0 Å². The van der Waals surface area contributed by atoms with E-state index in [0.29, 0.717) is 5.56 Å². The number of rotatable bonds is 4. The molecular weight excluding hydrogens is 328 g/mol. The lowest BCUT2D eigenvalue weighted by atomic mass is 10.1. The summed E-state index contributed by atoms with van der Waals surface area (Å²) >= 11 is 3.33. The van der Waals surface area contributed by atoms with Crippen LogP contribution in [0.25, 0.3) is 6.08 Å². The van der Waals surface area contributed by atoms with Gasteiger partial charge in [-0.3, -0.25) is 4.79 Å². The maximum Gasteiger partial charge on any atom is 0.271 e. The van der Waals surface area contributed by atoms with Crippen LogP contribution in [-0.4, -0.2) is 12.1 Å². The molecule has 1 amide bonds. The van der Waals surface area contributed by atoms with Gasteiger partial charge in [-0.25, -0.2) is 5.43 Å². The molecule has 0 saturated carbocycles. The molecule has 3 nitrogen and oxygen atoms in total. The zero-order chi connectivity index (χ0) is 15.1. The number of halogens is 1. The Labute approximate surface area is 132 Å². The lowest BCUT2D eigenvalue weighted by Crippen LogP contribution is -2.17. The molecule has 2 rings (SSSR count). The highest BCUT2D eigenvalue weighted by Gasteiger charge is 2.02. The molecular formula is C17H15BrN2O. The summed E-state index contributed by atoms with van der Waals surface area (Å²) in [4.78, 5) is 11.8. The molecule has 0 bridgehead atoms. The highest BCUT2D eigenvalue weighted by atomic mass is 79.9. The second-order valence-corrected chi connectivity index (χ2v) is 5.42. The Hall–Kier alpha value is -2.20. The minimum atomic E-state index is -0.230. The van der Waals surface area contributed by atoms with Crippen LogP contribution in [0.1, 0.15) is 22.8 Å². The third-order valence-electron chi connectivity index (χ3n) is 2.73. The van der Waals surface area contributed by atoms with E-state index in [1.807, 2.05) is 55.5 Å². The van der Waals surface area contributed by atoms with Crippen LogP contribution in [0.4, 0.5) is 0 Å². The van der Waals surface area contributed by atoms with E-state index >= 15 is 0 Å². The third kappa shape index (κ3) is 5.00. The zero-order valence-electron chi connectivity index (χ0n) is 11.6. The number of allylic oxidation sites excluding steroid dienone is 1. The average molecular weight is 343 g/mol. The number of carbonyl (C=O) groups excluding carboxylic acids is 1. The molecule has 0 radical (unpaired) electrons. The van der Waals surface area contributed by atoms with Crippen LogP contribution in [0.15, 0.2) is 69.7 Å². The Morgan fingerprint density at radius 1 is 1.10 bits per heavy atom. The van der Waals surface area contributed by atoms with E-state index in [-0.39, 0.29) is 5.91 Å². The molecule has 0 aliphatic carbocycles. The maximum atomic E-state index is 11.8. The van der Waals surface area contributed by atoms with Crippen molar-refractivity contribution < 1.29 is 4.79 Å². The molecule has 0 aliphatic heterocycles. The average Bonchev–Trinajstić information content (AvgIpc) is 2.49. The highest BCUT2D eigenvalue weighted by Crippen LogP contribution is 2.10. The van der Waals surface area contributed by atoms with Crippen molar-refractivity contribution in [2.75, 3.05) is 0 Å². The lowest BCUT2D eigenvalue weighted by Gasteiger charge is -2.00. The van der Waals surface area contributed by atoms with Crippen LogP contribution < -0.4 is 5.43 Å². The predicted molar refractivity (Wildman–Crippen MR) is 90.2 cm³/mol. The molecule has 0 heterocycles. The fraction of sp³-hybridized carbons (Fsp3) is 0.0588. The first-order chi connectivity index (χ1) is 10.1. The Kier molecular flexibility index (Phi) is 5.46. The van der Waals surface area contributed by atoms with Gasteiger partial charge in [-0.15, -0.1) is 0 Å². The number of carbonyl (C=O) groups is 1. The predicted octanol–water partition coefficient (Wildman–Crippen LogP) is 4.27. The summed E-state index contributed by atoms with van der Waals surface area (Å²) in [5.41, 5.74) is 5.13. The summed E-state index contributed by atoms with van der Waals surface area (Å²) in [7, 11) is 0. The number of hydrazone groups is 1. The largest absolute Gasteiger partial charge is 0.271 e. The standard InChI is InChI=1S/C17H15BrN2O/c1-13(11-14-5-3-2-4-6-14)12-19-20-17(21)15-7-9-16(18)10-8-15/h2-12H,1H3,(H,20,21)/b13-11+,19-12-. The van der Waals surface area contributed by atoms with Crippen LogP contribution in [-0.2, 0) is 0 Å². The van der Waals surface area contributed by atoms with Crippen LogP contribution in [0, 0.1) is 0 Å². The summed E-state index contributed by atoms with van der Waals surface area (Å²) < 4.78 is 0.934. The van der Waals surface area contributed by atoms with Gasteiger partial charge in [0.1, 0.15) is 0 Å². The van der Waals surface area contributed by atoms with Gasteiger partial charge in [0.05, 0.1) is 6.21 Å². The number of benzene rings is 2. The van der Waals surface area contributed by atoms with Crippen molar-refractivity contribution in [1.29, 1.82) is 0 Å². The molecule has 0 fully saturated rings. The number of amides is 1. The van der Waals surface area contributed by atoms with Gasteiger partial charge in [0, 0.05) is 10.0 Å². The van der Waals surface area contributed by atoms with Crippen LogP contribution in [0.3, 0.4) is 0 Å². The Morgan fingerprint density at radius 3 is 2.43 bits per heavy atom. The number of nitrogens with zero attached hydrogens (tertiary/aromatic N) is 1. The number of nitrogens with one attached hydrogen (secondary N) is 1. The van der Waals surface area contributed by atoms with E-state index in [1.54, 1.807) is 18.3 Å². The van der Waals surface area contributed by atoms with Crippen LogP contribution >= 0.6 is 15.9 Å². The molecule has 0 aliphatic rings. The van der Waals surface area contributed by atoms with Gasteiger partial charge >= 0.3 is 0 Å². The second-order valence-electron chi connectivity index (χ2n) is 4.51. The second kappa shape index (κ2) is 7.55. The van der Waals surface area contributed by atoms with E-state index in [1.165, 1.54) is 0 Å². The van der Waals surface area contributed by atoms with E-state index < -0.39 is 0 Å².